The maximum Gasteiger partial charge on any atom is 0.389 e. The van der Waals surface area contributed by atoms with Crippen LogP contribution in [0.4, 0.5) is 13.2 Å². The number of hydrogen-bond acceptors (Lipinski definition) is 5. The van der Waals surface area contributed by atoms with Crippen LogP contribution in [0, 0.1) is 0 Å². The van der Waals surface area contributed by atoms with Gasteiger partial charge in [0.05, 0.1) is 0 Å². The second-order valence-corrected chi connectivity index (χ2v) is 5.78. The minimum atomic E-state index is -4.23. The number of hydrogen-bond donors (Lipinski definition) is 2. The fourth-order valence-corrected chi connectivity index (χ4v) is 2.84. The van der Waals surface area contributed by atoms with Crippen molar-refractivity contribution in [1.29, 1.82) is 0 Å². The molecular formula is C16H21F3N2O3. The first-order valence-corrected chi connectivity index (χ1v) is 7.79. The first-order chi connectivity index (χ1) is 11.3. The Balaban J connectivity index is 2.21. The number of carbonyl (C=O) groups excluding carboxylic acids is 1. The van der Waals surface area contributed by atoms with E-state index < -0.39 is 24.6 Å². The number of halogens is 3. The van der Waals surface area contributed by atoms with Crippen molar-refractivity contribution in [3.05, 3.63) is 23.8 Å². The molecule has 8 heteroatoms. The van der Waals surface area contributed by atoms with Gasteiger partial charge in [-0.25, -0.2) is 0 Å². The molecule has 1 saturated heterocycles. The number of alkyl halides is 3. The second kappa shape index (κ2) is 7.85. The van der Waals surface area contributed by atoms with Crippen molar-refractivity contribution in [2.24, 2.45) is 0 Å². The highest BCUT2D eigenvalue weighted by molar-refractivity contribution is 5.70. The van der Waals surface area contributed by atoms with Crippen LogP contribution in [0.3, 0.4) is 0 Å². The second-order valence-electron chi connectivity index (χ2n) is 5.78. The van der Waals surface area contributed by atoms with Gasteiger partial charge in [-0.3, -0.25) is 9.69 Å². The maximum absolute atomic E-state index is 12.6. The lowest BCUT2D eigenvalue weighted by Gasteiger charge is -2.35. The number of benzene rings is 1. The molecule has 1 aromatic rings. The molecule has 0 unspecified atom stereocenters. The normalized spacial score (nSPS) is 17.5. The molecular weight excluding hydrogens is 325 g/mol. The smallest absolute Gasteiger partial charge is 0.389 e. The number of nitrogens with one attached hydrogen (secondary N) is 1. The quantitative estimate of drug-likeness (QED) is 0.634. The topological polar surface area (TPSA) is 61.8 Å². The van der Waals surface area contributed by atoms with Gasteiger partial charge in [-0.05, 0) is 24.1 Å². The average molecular weight is 346 g/mol. The van der Waals surface area contributed by atoms with Gasteiger partial charge >= 0.3 is 12.1 Å². The number of piperazine rings is 1. The van der Waals surface area contributed by atoms with E-state index in [0.29, 0.717) is 31.7 Å². The zero-order valence-electron chi connectivity index (χ0n) is 13.4. The van der Waals surface area contributed by atoms with Crippen LogP contribution in [0.25, 0.3) is 0 Å². The Labute approximate surface area is 138 Å². The van der Waals surface area contributed by atoms with Crippen molar-refractivity contribution in [2.75, 3.05) is 26.2 Å². The molecule has 1 fully saturated rings. The SMILES string of the molecule is CC(=O)Oc1ccc([C@@H](CCC(F)(F)F)N2CCNCC2)cc1O. The average Bonchev–Trinajstić information content (AvgIpc) is 2.49. The molecule has 1 aliphatic rings. The third-order valence-electron chi connectivity index (χ3n) is 3.92. The van der Waals surface area contributed by atoms with E-state index in [1.165, 1.54) is 19.1 Å². The Morgan fingerprint density at radius 2 is 2.04 bits per heavy atom. The van der Waals surface area contributed by atoms with E-state index in [0.717, 1.165) is 0 Å². The van der Waals surface area contributed by atoms with Gasteiger partial charge in [-0.15, -0.1) is 0 Å². The fraction of sp³-hybridized carbons (Fsp3) is 0.562. The van der Waals surface area contributed by atoms with Crippen molar-refractivity contribution in [2.45, 2.75) is 32.0 Å². The molecule has 1 aromatic carbocycles. The van der Waals surface area contributed by atoms with Crippen LogP contribution in [0.2, 0.25) is 0 Å². The van der Waals surface area contributed by atoms with Crippen molar-refractivity contribution in [3.8, 4) is 11.5 Å². The lowest BCUT2D eigenvalue weighted by atomic mass is 9.98. The molecule has 0 aromatic heterocycles. The molecule has 1 aliphatic heterocycles. The molecule has 5 nitrogen and oxygen atoms in total. The summed E-state index contributed by atoms with van der Waals surface area (Å²) in [7, 11) is 0. The van der Waals surface area contributed by atoms with E-state index in [-0.39, 0.29) is 17.9 Å². The summed E-state index contributed by atoms with van der Waals surface area (Å²) >= 11 is 0. The number of aromatic hydroxyl groups is 1. The summed E-state index contributed by atoms with van der Waals surface area (Å²) in [5, 5.41) is 13.2. The van der Waals surface area contributed by atoms with Crippen LogP contribution < -0.4 is 10.1 Å². The van der Waals surface area contributed by atoms with Crippen LogP contribution in [0.1, 0.15) is 31.4 Å². The summed E-state index contributed by atoms with van der Waals surface area (Å²) in [6.07, 6.45) is -5.21. The predicted molar refractivity (Wildman–Crippen MR) is 81.9 cm³/mol. The molecule has 0 saturated carbocycles. The van der Waals surface area contributed by atoms with Crippen LogP contribution in [-0.2, 0) is 4.79 Å². The van der Waals surface area contributed by atoms with Gasteiger partial charge in [0.2, 0.25) is 0 Å². The van der Waals surface area contributed by atoms with Gasteiger partial charge in [-0.1, -0.05) is 6.07 Å². The molecule has 0 aliphatic carbocycles. The first-order valence-electron chi connectivity index (χ1n) is 7.79. The van der Waals surface area contributed by atoms with Gasteiger partial charge in [0.25, 0.3) is 0 Å². The first kappa shape index (κ1) is 18.5. The molecule has 1 atom stereocenters. The number of phenols is 1. The Hall–Kier alpha value is -1.80. The highest BCUT2D eigenvalue weighted by Crippen LogP contribution is 2.35. The van der Waals surface area contributed by atoms with E-state index >= 15 is 0 Å². The largest absolute Gasteiger partial charge is 0.504 e. The zero-order chi connectivity index (χ0) is 17.7. The lowest BCUT2D eigenvalue weighted by molar-refractivity contribution is -0.138. The third-order valence-corrected chi connectivity index (χ3v) is 3.92. The summed E-state index contributed by atoms with van der Waals surface area (Å²) < 4.78 is 42.8. The minimum Gasteiger partial charge on any atom is -0.504 e. The van der Waals surface area contributed by atoms with Crippen molar-refractivity contribution >= 4 is 5.97 Å². The number of esters is 1. The Morgan fingerprint density at radius 3 is 2.58 bits per heavy atom. The van der Waals surface area contributed by atoms with Crippen molar-refractivity contribution < 1.29 is 27.8 Å². The van der Waals surface area contributed by atoms with Crippen molar-refractivity contribution in [3.63, 3.8) is 0 Å². The molecule has 0 amide bonds. The molecule has 0 radical (unpaired) electrons. The summed E-state index contributed by atoms with van der Waals surface area (Å²) in [5.41, 5.74) is 0.578. The summed E-state index contributed by atoms with van der Waals surface area (Å²) in [6, 6.07) is 3.93. The number of nitrogens with zero attached hydrogens (tertiary/aromatic N) is 1. The highest BCUT2D eigenvalue weighted by atomic mass is 19.4. The lowest BCUT2D eigenvalue weighted by Crippen LogP contribution is -2.45. The van der Waals surface area contributed by atoms with Gasteiger partial charge < -0.3 is 15.2 Å². The number of carbonyl (C=O) groups is 1. The van der Waals surface area contributed by atoms with Gasteiger partial charge in [0.15, 0.2) is 11.5 Å². The van der Waals surface area contributed by atoms with Crippen molar-refractivity contribution in [1.82, 2.24) is 10.2 Å². The molecule has 134 valence electrons. The van der Waals surface area contributed by atoms with E-state index in [2.05, 4.69) is 5.32 Å². The molecule has 2 N–H and O–H groups in total. The zero-order valence-corrected chi connectivity index (χ0v) is 13.4. The van der Waals surface area contributed by atoms with Crippen LogP contribution in [0.5, 0.6) is 11.5 Å². The Morgan fingerprint density at radius 1 is 1.38 bits per heavy atom. The summed E-state index contributed by atoms with van der Waals surface area (Å²) in [5.74, 6) is -0.829. The standard InChI is InChI=1S/C16H21F3N2O3/c1-11(22)24-15-3-2-12(10-14(15)23)13(4-5-16(17,18)19)21-8-6-20-7-9-21/h2-3,10,13,20,23H,4-9H2,1H3/t13-/m1/s1. The number of ether oxygens (including phenoxy) is 1. The third kappa shape index (κ3) is 5.38. The highest BCUT2D eigenvalue weighted by Gasteiger charge is 2.31. The van der Waals surface area contributed by atoms with E-state index in [1.807, 2.05) is 4.90 Å². The van der Waals surface area contributed by atoms with Gasteiger partial charge in [0, 0.05) is 45.6 Å². The summed E-state index contributed by atoms with van der Waals surface area (Å²) in [4.78, 5) is 12.9. The monoisotopic (exact) mass is 346 g/mol. The Bertz CT molecular complexity index is 572. The molecule has 1 heterocycles. The van der Waals surface area contributed by atoms with E-state index in [1.54, 1.807) is 6.07 Å². The predicted octanol–water partition coefficient (Wildman–Crippen LogP) is 2.61. The minimum absolute atomic E-state index is 0.00105. The fourth-order valence-electron chi connectivity index (χ4n) is 2.84. The van der Waals surface area contributed by atoms with E-state index in [9.17, 15) is 23.1 Å². The number of rotatable bonds is 5. The van der Waals surface area contributed by atoms with Crippen LogP contribution in [-0.4, -0.2) is 48.3 Å². The molecule has 24 heavy (non-hydrogen) atoms. The molecule has 2 rings (SSSR count). The van der Waals surface area contributed by atoms with Gasteiger partial charge in [-0.2, -0.15) is 13.2 Å². The van der Waals surface area contributed by atoms with Crippen LogP contribution in [0.15, 0.2) is 18.2 Å². The molecule has 0 bridgehead atoms. The van der Waals surface area contributed by atoms with Crippen LogP contribution >= 0.6 is 0 Å². The Kier molecular flexibility index (Phi) is 6.06. The number of phenolic OH excluding ortho intramolecular Hbond substituents is 1. The molecule has 0 spiro atoms. The maximum atomic E-state index is 12.6. The summed E-state index contributed by atoms with van der Waals surface area (Å²) in [6.45, 7) is 3.89. The van der Waals surface area contributed by atoms with Gasteiger partial charge in [0.1, 0.15) is 0 Å². The van der Waals surface area contributed by atoms with E-state index in [4.69, 9.17) is 4.74 Å².